The molecule has 152 valence electrons. The summed E-state index contributed by atoms with van der Waals surface area (Å²) in [6.45, 7) is 3.69. The van der Waals surface area contributed by atoms with Gasteiger partial charge in [0.25, 0.3) is 0 Å². The van der Waals surface area contributed by atoms with Gasteiger partial charge in [-0.3, -0.25) is 4.90 Å². The Morgan fingerprint density at radius 1 is 1.03 bits per heavy atom. The molecule has 0 aliphatic carbocycles. The molecular formula is C24H29N3O2. The van der Waals surface area contributed by atoms with Crippen LogP contribution in [0.15, 0.2) is 54.6 Å². The van der Waals surface area contributed by atoms with E-state index in [1.165, 1.54) is 18.4 Å². The molecule has 2 aromatic carbocycles. The molecule has 6 rings (SSSR count). The molecule has 2 aromatic rings. The number of likely N-dealkylation sites (tertiary alicyclic amines) is 1. The number of amides is 2. The van der Waals surface area contributed by atoms with E-state index in [0.29, 0.717) is 30.5 Å². The van der Waals surface area contributed by atoms with Crippen LogP contribution in [0.1, 0.15) is 29.9 Å². The molecule has 4 fully saturated rings. The van der Waals surface area contributed by atoms with Crippen molar-refractivity contribution in [3.63, 3.8) is 0 Å². The van der Waals surface area contributed by atoms with Gasteiger partial charge >= 0.3 is 6.03 Å². The van der Waals surface area contributed by atoms with Crippen molar-refractivity contribution in [3.05, 3.63) is 65.7 Å². The summed E-state index contributed by atoms with van der Waals surface area (Å²) in [5, 5.41) is 3.17. The van der Waals surface area contributed by atoms with Gasteiger partial charge in [0, 0.05) is 25.0 Å². The Kier molecular flexibility index (Phi) is 4.92. The summed E-state index contributed by atoms with van der Waals surface area (Å²) >= 11 is 0. The van der Waals surface area contributed by atoms with E-state index in [4.69, 9.17) is 4.74 Å². The predicted octanol–water partition coefficient (Wildman–Crippen LogP) is 3.47. The third kappa shape index (κ3) is 3.38. The summed E-state index contributed by atoms with van der Waals surface area (Å²) in [6.07, 6.45) is 2.41. The molecular weight excluding hydrogens is 362 g/mol. The minimum absolute atomic E-state index is 0.0774. The molecule has 0 spiro atoms. The number of ether oxygens (including phenoxy) is 1. The largest absolute Gasteiger partial charge is 0.497 e. The van der Waals surface area contributed by atoms with Crippen molar-refractivity contribution in [3.8, 4) is 5.75 Å². The van der Waals surface area contributed by atoms with E-state index in [1.807, 2.05) is 30.3 Å². The number of hydrogen-bond donors (Lipinski definition) is 1. The second-order valence-corrected chi connectivity index (χ2v) is 8.53. The first kappa shape index (κ1) is 18.5. The SMILES string of the molecule is COc1ccc([C@@H]2CN(C(=O)NCc3ccccc3)[C@@H]3C4CCN(CC4)[C@@H]32)cc1. The van der Waals surface area contributed by atoms with Gasteiger partial charge in [-0.25, -0.2) is 4.79 Å². The van der Waals surface area contributed by atoms with Gasteiger partial charge in [0.05, 0.1) is 13.2 Å². The molecule has 4 heterocycles. The van der Waals surface area contributed by atoms with Crippen LogP contribution in [0.25, 0.3) is 0 Å². The van der Waals surface area contributed by atoms with E-state index in [9.17, 15) is 4.79 Å². The van der Waals surface area contributed by atoms with E-state index < -0.39 is 0 Å². The van der Waals surface area contributed by atoms with Gasteiger partial charge in [-0.2, -0.15) is 0 Å². The van der Waals surface area contributed by atoms with E-state index >= 15 is 0 Å². The second-order valence-electron chi connectivity index (χ2n) is 8.53. The number of hydrogen-bond acceptors (Lipinski definition) is 3. The van der Waals surface area contributed by atoms with E-state index in [0.717, 1.165) is 30.9 Å². The lowest BCUT2D eigenvalue weighted by Crippen LogP contribution is -2.61. The van der Waals surface area contributed by atoms with Crippen molar-refractivity contribution in [2.45, 2.75) is 37.4 Å². The number of methoxy groups -OCH3 is 1. The molecule has 0 radical (unpaired) electrons. The van der Waals surface area contributed by atoms with Gasteiger partial charge in [-0.05, 0) is 55.1 Å². The number of benzene rings is 2. The molecule has 4 aliphatic rings. The first-order chi connectivity index (χ1) is 14.2. The number of fused-ring (bicyclic) bond motifs is 2. The predicted molar refractivity (Wildman–Crippen MR) is 113 cm³/mol. The number of rotatable bonds is 4. The molecule has 0 saturated carbocycles. The lowest BCUT2D eigenvalue weighted by atomic mass is 9.75. The lowest BCUT2D eigenvalue weighted by molar-refractivity contribution is 0.00350. The Balaban J connectivity index is 1.38. The van der Waals surface area contributed by atoms with Crippen LogP contribution in [0.4, 0.5) is 4.79 Å². The Morgan fingerprint density at radius 2 is 1.76 bits per heavy atom. The smallest absolute Gasteiger partial charge is 0.318 e. The quantitative estimate of drug-likeness (QED) is 0.868. The normalized spacial score (nSPS) is 30.1. The van der Waals surface area contributed by atoms with E-state index in [2.05, 4.69) is 39.4 Å². The summed E-state index contributed by atoms with van der Waals surface area (Å²) < 4.78 is 5.34. The highest BCUT2D eigenvalue weighted by atomic mass is 16.5. The minimum atomic E-state index is 0.0774. The molecule has 0 aromatic heterocycles. The molecule has 5 nitrogen and oxygen atoms in total. The summed E-state index contributed by atoms with van der Waals surface area (Å²) in [4.78, 5) is 18.0. The van der Waals surface area contributed by atoms with Crippen LogP contribution >= 0.6 is 0 Å². The average Bonchev–Trinajstić information content (AvgIpc) is 3.22. The fourth-order valence-corrected chi connectivity index (χ4v) is 5.67. The molecule has 3 atom stereocenters. The summed E-state index contributed by atoms with van der Waals surface area (Å²) in [5.41, 5.74) is 2.45. The average molecular weight is 392 g/mol. The van der Waals surface area contributed by atoms with Gasteiger partial charge < -0.3 is 15.0 Å². The van der Waals surface area contributed by atoms with Gasteiger partial charge in [0.15, 0.2) is 0 Å². The zero-order valence-corrected chi connectivity index (χ0v) is 17.0. The number of carbonyl (C=O) groups is 1. The van der Waals surface area contributed by atoms with Crippen molar-refractivity contribution in [1.29, 1.82) is 0 Å². The second kappa shape index (κ2) is 7.71. The van der Waals surface area contributed by atoms with Crippen molar-refractivity contribution in [2.75, 3.05) is 26.7 Å². The topological polar surface area (TPSA) is 44.8 Å². The highest BCUT2D eigenvalue weighted by Gasteiger charge is 2.54. The van der Waals surface area contributed by atoms with E-state index in [-0.39, 0.29) is 6.03 Å². The first-order valence-corrected chi connectivity index (χ1v) is 10.7. The standard InChI is InChI=1S/C24H29N3O2/c1-29-20-9-7-18(8-10-20)21-16-27(22-19-11-13-26(14-12-19)23(21)22)24(28)25-15-17-5-3-2-4-6-17/h2-10,19,21-23H,11-16H2,1H3,(H,25,28)/t21-,22+,23+/m0/s1. The summed E-state index contributed by atoms with van der Waals surface area (Å²) in [7, 11) is 1.70. The maximum absolute atomic E-state index is 13.2. The Morgan fingerprint density at radius 3 is 2.45 bits per heavy atom. The minimum Gasteiger partial charge on any atom is -0.497 e. The fraction of sp³-hybridized carbons (Fsp3) is 0.458. The van der Waals surface area contributed by atoms with Crippen molar-refractivity contribution >= 4 is 6.03 Å². The lowest BCUT2D eigenvalue weighted by Gasteiger charge is -2.51. The van der Waals surface area contributed by atoms with Crippen LogP contribution in [-0.2, 0) is 6.54 Å². The Labute approximate surface area is 172 Å². The van der Waals surface area contributed by atoms with Crippen molar-refractivity contribution in [2.24, 2.45) is 5.92 Å². The number of carbonyl (C=O) groups excluding carboxylic acids is 1. The molecule has 0 unspecified atom stereocenters. The molecule has 2 amide bonds. The van der Waals surface area contributed by atoms with Crippen LogP contribution in [-0.4, -0.2) is 54.7 Å². The maximum Gasteiger partial charge on any atom is 0.318 e. The van der Waals surface area contributed by atoms with Gasteiger partial charge in [-0.15, -0.1) is 0 Å². The molecule has 29 heavy (non-hydrogen) atoms. The van der Waals surface area contributed by atoms with Gasteiger partial charge in [0.2, 0.25) is 0 Å². The number of piperidine rings is 3. The summed E-state index contributed by atoms with van der Waals surface area (Å²) in [5.74, 6) is 1.86. The molecule has 2 bridgehead atoms. The fourth-order valence-electron chi connectivity index (χ4n) is 5.67. The zero-order valence-electron chi connectivity index (χ0n) is 17.0. The Hall–Kier alpha value is -2.53. The van der Waals surface area contributed by atoms with Crippen LogP contribution in [0, 0.1) is 5.92 Å². The van der Waals surface area contributed by atoms with E-state index in [1.54, 1.807) is 7.11 Å². The van der Waals surface area contributed by atoms with Gasteiger partial charge in [-0.1, -0.05) is 42.5 Å². The van der Waals surface area contributed by atoms with Crippen LogP contribution < -0.4 is 10.1 Å². The van der Waals surface area contributed by atoms with Crippen LogP contribution in [0.5, 0.6) is 5.75 Å². The van der Waals surface area contributed by atoms with Crippen molar-refractivity contribution in [1.82, 2.24) is 15.1 Å². The zero-order chi connectivity index (χ0) is 19.8. The van der Waals surface area contributed by atoms with Crippen LogP contribution in [0.2, 0.25) is 0 Å². The highest BCUT2D eigenvalue weighted by Crippen LogP contribution is 2.46. The number of nitrogens with one attached hydrogen (secondary N) is 1. The van der Waals surface area contributed by atoms with Crippen molar-refractivity contribution < 1.29 is 9.53 Å². The third-order valence-corrected chi connectivity index (χ3v) is 7.09. The van der Waals surface area contributed by atoms with Crippen LogP contribution in [0.3, 0.4) is 0 Å². The number of urea groups is 1. The summed E-state index contributed by atoms with van der Waals surface area (Å²) in [6, 6.07) is 19.4. The molecule has 4 saturated heterocycles. The third-order valence-electron chi connectivity index (χ3n) is 7.09. The molecule has 4 aliphatic heterocycles. The Bertz CT molecular complexity index is 846. The van der Waals surface area contributed by atoms with Gasteiger partial charge in [0.1, 0.15) is 5.75 Å². The molecule has 1 N–H and O–H groups in total. The maximum atomic E-state index is 13.2. The number of nitrogens with zero attached hydrogens (tertiary/aromatic N) is 2. The molecule has 5 heteroatoms. The first-order valence-electron chi connectivity index (χ1n) is 10.7. The monoisotopic (exact) mass is 391 g/mol. The highest BCUT2D eigenvalue weighted by molar-refractivity contribution is 5.75.